The summed E-state index contributed by atoms with van der Waals surface area (Å²) in [5, 5.41) is 5.00. The summed E-state index contributed by atoms with van der Waals surface area (Å²) in [5.41, 5.74) is 5.41. The Morgan fingerprint density at radius 3 is 2.65 bits per heavy atom. The van der Waals surface area contributed by atoms with Crippen molar-refractivity contribution >= 4 is 21.8 Å². The largest absolute Gasteiger partial charge is 0.466 e. The summed E-state index contributed by atoms with van der Waals surface area (Å²) >= 11 is 0. The first-order chi connectivity index (χ1) is 7.84. The van der Waals surface area contributed by atoms with Crippen LogP contribution in [0.2, 0.25) is 0 Å². The second kappa shape index (κ2) is 5.11. The molecule has 8 heteroatoms. The highest BCUT2D eigenvalue weighted by Gasteiger charge is 2.18. The van der Waals surface area contributed by atoms with E-state index < -0.39 is 16.0 Å². The average Bonchev–Trinajstić information content (AvgIpc) is 2.15. The molecule has 0 fully saturated rings. The monoisotopic (exact) mass is 259 g/mol. The number of esters is 1. The van der Waals surface area contributed by atoms with E-state index in [-0.39, 0.29) is 29.4 Å². The number of carbonyl (C=O) groups excluding carboxylic acids is 1. The second-order valence-corrected chi connectivity index (χ2v) is 4.74. The third-order valence-electron chi connectivity index (χ3n) is 1.88. The van der Waals surface area contributed by atoms with Crippen molar-refractivity contribution < 1.29 is 17.9 Å². The number of anilines is 1. The van der Waals surface area contributed by atoms with Gasteiger partial charge >= 0.3 is 5.97 Å². The van der Waals surface area contributed by atoms with Crippen LogP contribution < -0.4 is 10.9 Å². The van der Waals surface area contributed by atoms with E-state index in [4.69, 9.17) is 15.6 Å². The molecule has 0 radical (unpaired) electrons. The predicted molar refractivity (Wildman–Crippen MR) is 60.4 cm³/mol. The van der Waals surface area contributed by atoms with Crippen molar-refractivity contribution in [1.29, 1.82) is 0 Å². The minimum atomic E-state index is -3.94. The van der Waals surface area contributed by atoms with Crippen molar-refractivity contribution in [3.05, 3.63) is 17.8 Å². The second-order valence-electron chi connectivity index (χ2n) is 3.21. The summed E-state index contributed by atoms with van der Waals surface area (Å²) in [6.45, 7) is 1.84. The molecule has 0 aliphatic carbocycles. The summed E-state index contributed by atoms with van der Waals surface area (Å²) in [6, 6.07) is 2.51. The minimum absolute atomic E-state index is 0.00838. The van der Waals surface area contributed by atoms with Crippen LogP contribution >= 0.6 is 0 Å². The van der Waals surface area contributed by atoms with Crippen LogP contribution in [0.3, 0.4) is 0 Å². The molecule has 0 saturated carbocycles. The molecule has 0 saturated heterocycles. The molecule has 1 aromatic heterocycles. The molecule has 0 amide bonds. The first-order valence-electron chi connectivity index (χ1n) is 4.78. The molecule has 0 aromatic carbocycles. The number of nitrogens with zero attached hydrogens (tertiary/aromatic N) is 1. The summed E-state index contributed by atoms with van der Waals surface area (Å²) in [5.74, 6) is -0.479. The Morgan fingerprint density at radius 2 is 2.12 bits per heavy atom. The molecule has 0 aliphatic rings. The van der Waals surface area contributed by atoms with Gasteiger partial charge in [-0.15, -0.1) is 0 Å². The van der Waals surface area contributed by atoms with Gasteiger partial charge in [0.25, 0.3) is 0 Å². The average molecular weight is 259 g/mol. The quantitative estimate of drug-likeness (QED) is 0.696. The zero-order chi connectivity index (χ0) is 13.1. The van der Waals surface area contributed by atoms with Crippen LogP contribution in [0.25, 0.3) is 0 Å². The third-order valence-corrected chi connectivity index (χ3v) is 2.86. The lowest BCUT2D eigenvalue weighted by Crippen LogP contribution is -2.18. The Labute approximate surface area is 98.8 Å². The first kappa shape index (κ1) is 13.4. The fraction of sp³-hybridized carbons (Fsp3) is 0.333. The maximum absolute atomic E-state index is 11.3. The van der Waals surface area contributed by atoms with E-state index in [1.165, 1.54) is 12.1 Å². The molecule has 1 rings (SSSR count). The fourth-order valence-electron chi connectivity index (χ4n) is 1.24. The first-order valence-corrected chi connectivity index (χ1v) is 6.33. The normalized spacial score (nSPS) is 11.2. The molecule has 0 bridgehead atoms. The van der Waals surface area contributed by atoms with Crippen LogP contribution in [0.4, 0.5) is 5.82 Å². The molecule has 1 heterocycles. The van der Waals surface area contributed by atoms with Crippen LogP contribution in [0.5, 0.6) is 0 Å². The number of nitrogen functional groups attached to an aromatic ring is 1. The summed E-state index contributed by atoms with van der Waals surface area (Å²) < 4.78 is 27.2. The van der Waals surface area contributed by atoms with Crippen LogP contribution in [0, 0.1) is 0 Å². The van der Waals surface area contributed by atoms with Gasteiger partial charge in [0, 0.05) is 0 Å². The lowest BCUT2D eigenvalue weighted by Gasteiger charge is -2.07. The molecule has 17 heavy (non-hydrogen) atoms. The SMILES string of the molecule is CCOC(=O)Cc1nc(N)ccc1S(N)(=O)=O. The maximum atomic E-state index is 11.3. The number of aromatic nitrogens is 1. The standard InChI is InChI=1S/C9H13N3O4S/c1-2-16-9(13)5-6-7(17(11,14)15)3-4-8(10)12-6/h3-4H,2,5H2,1H3,(H2,10,12)(H2,11,14,15). The third kappa shape index (κ3) is 3.68. The van der Waals surface area contributed by atoms with Gasteiger partial charge in [-0.2, -0.15) is 0 Å². The highest BCUT2D eigenvalue weighted by atomic mass is 32.2. The molecular weight excluding hydrogens is 246 g/mol. The zero-order valence-electron chi connectivity index (χ0n) is 9.21. The van der Waals surface area contributed by atoms with E-state index >= 15 is 0 Å². The van der Waals surface area contributed by atoms with Crippen LogP contribution in [-0.2, 0) is 26.0 Å². The number of ether oxygens (including phenoxy) is 1. The number of hydrogen-bond donors (Lipinski definition) is 2. The zero-order valence-corrected chi connectivity index (χ0v) is 10.0. The molecule has 7 nitrogen and oxygen atoms in total. The highest BCUT2D eigenvalue weighted by molar-refractivity contribution is 7.89. The van der Waals surface area contributed by atoms with Crippen LogP contribution in [0.1, 0.15) is 12.6 Å². The van der Waals surface area contributed by atoms with Gasteiger partial charge in [0.05, 0.1) is 18.7 Å². The van der Waals surface area contributed by atoms with Gasteiger partial charge in [0.1, 0.15) is 10.7 Å². The highest BCUT2D eigenvalue weighted by Crippen LogP contribution is 2.15. The molecule has 0 unspecified atom stereocenters. The molecule has 0 spiro atoms. The van der Waals surface area contributed by atoms with Crippen molar-refractivity contribution in [3.8, 4) is 0 Å². The molecule has 94 valence electrons. The molecule has 1 aromatic rings. The van der Waals surface area contributed by atoms with Crippen molar-refractivity contribution in [3.63, 3.8) is 0 Å². The van der Waals surface area contributed by atoms with E-state index in [1.54, 1.807) is 6.92 Å². The Morgan fingerprint density at radius 1 is 1.47 bits per heavy atom. The predicted octanol–water partition coefficient (Wildman–Crippen LogP) is -0.583. The fourth-order valence-corrected chi connectivity index (χ4v) is 1.94. The van der Waals surface area contributed by atoms with E-state index in [9.17, 15) is 13.2 Å². The van der Waals surface area contributed by atoms with Gasteiger partial charge < -0.3 is 10.5 Å². The molecular formula is C9H13N3O4S. The van der Waals surface area contributed by atoms with Crippen molar-refractivity contribution in [2.45, 2.75) is 18.2 Å². The van der Waals surface area contributed by atoms with E-state index in [2.05, 4.69) is 4.98 Å². The molecule has 0 atom stereocenters. The molecule has 4 N–H and O–H groups in total. The Bertz CT molecular complexity index is 527. The lowest BCUT2D eigenvalue weighted by atomic mass is 10.2. The minimum Gasteiger partial charge on any atom is -0.466 e. The Balaban J connectivity index is 3.13. The van der Waals surface area contributed by atoms with Gasteiger partial charge in [-0.05, 0) is 19.1 Å². The van der Waals surface area contributed by atoms with Gasteiger partial charge in [0.2, 0.25) is 10.0 Å². The van der Waals surface area contributed by atoms with Gasteiger partial charge in [-0.3, -0.25) is 4.79 Å². The van der Waals surface area contributed by atoms with Crippen LogP contribution in [-0.4, -0.2) is 26.0 Å². The van der Waals surface area contributed by atoms with Crippen molar-refractivity contribution in [2.24, 2.45) is 5.14 Å². The van der Waals surface area contributed by atoms with E-state index in [0.29, 0.717) is 0 Å². The Kier molecular flexibility index (Phi) is 4.02. The number of sulfonamides is 1. The summed E-state index contributed by atoms with van der Waals surface area (Å²) in [6.07, 6.45) is -0.287. The summed E-state index contributed by atoms with van der Waals surface area (Å²) in [4.78, 5) is 14.8. The number of hydrogen-bond acceptors (Lipinski definition) is 6. The number of primary sulfonamides is 1. The van der Waals surface area contributed by atoms with E-state index in [1.807, 2.05) is 0 Å². The number of nitrogens with two attached hydrogens (primary N) is 2. The molecule has 0 aliphatic heterocycles. The number of rotatable bonds is 4. The van der Waals surface area contributed by atoms with Gasteiger partial charge in [-0.1, -0.05) is 0 Å². The van der Waals surface area contributed by atoms with E-state index in [0.717, 1.165) is 0 Å². The van der Waals surface area contributed by atoms with Crippen molar-refractivity contribution in [2.75, 3.05) is 12.3 Å². The Hall–Kier alpha value is -1.67. The van der Waals surface area contributed by atoms with Gasteiger partial charge in [-0.25, -0.2) is 18.5 Å². The topological polar surface area (TPSA) is 125 Å². The number of pyridine rings is 1. The number of carbonyl (C=O) groups is 1. The lowest BCUT2D eigenvalue weighted by molar-refractivity contribution is -0.142. The summed E-state index contributed by atoms with van der Waals surface area (Å²) in [7, 11) is -3.94. The smallest absolute Gasteiger partial charge is 0.311 e. The van der Waals surface area contributed by atoms with Gasteiger partial charge in [0.15, 0.2) is 0 Å². The van der Waals surface area contributed by atoms with Crippen LogP contribution in [0.15, 0.2) is 17.0 Å². The maximum Gasteiger partial charge on any atom is 0.311 e. The van der Waals surface area contributed by atoms with Crippen molar-refractivity contribution in [1.82, 2.24) is 4.98 Å².